The number of aromatic nitrogens is 1. The van der Waals surface area contributed by atoms with E-state index >= 15 is 0 Å². The molecule has 8 heteroatoms. The molecule has 0 saturated heterocycles. The number of nitrogens with one attached hydrogen (secondary N) is 2. The molecular weight excluding hydrogens is 484 g/mol. The highest BCUT2D eigenvalue weighted by Crippen LogP contribution is 2.39. The van der Waals surface area contributed by atoms with Gasteiger partial charge in [-0.2, -0.15) is 0 Å². The fraction of sp³-hybridized carbons (Fsp3) is 0.345. The number of thiophene rings is 1. The first kappa shape index (κ1) is 25.2. The van der Waals surface area contributed by atoms with Crippen molar-refractivity contribution in [3.63, 3.8) is 0 Å². The Morgan fingerprint density at radius 1 is 1.14 bits per heavy atom. The van der Waals surface area contributed by atoms with E-state index in [2.05, 4.69) is 48.5 Å². The predicted octanol–water partition coefficient (Wildman–Crippen LogP) is 5.72. The zero-order valence-corrected chi connectivity index (χ0v) is 22.2. The molecule has 4 N–H and O–H groups in total. The summed E-state index contributed by atoms with van der Waals surface area (Å²) in [7, 11) is 0. The Kier molecular flexibility index (Phi) is 6.88. The first-order valence-corrected chi connectivity index (χ1v) is 13.4. The maximum atomic E-state index is 13.2. The van der Waals surface area contributed by atoms with E-state index in [-0.39, 0.29) is 23.6 Å². The molecule has 4 aromatic rings. The predicted molar refractivity (Wildman–Crippen MR) is 147 cm³/mol. The Morgan fingerprint density at radius 2 is 1.97 bits per heavy atom. The number of rotatable bonds is 6. The molecule has 0 unspecified atom stereocenters. The van der Waals surface area contributed by atoms with Crippen LogP contribution in [-0.4, -0.2) is 23.3 Å². The Hall–Kier alpha value is -3.49. The van der Waals surface area contributed by atoms with Crippen LogP contribution >= 0.6 is 11.3 Å². The number of aryl methyl sites for hydroxylation is 1. The van der Waals surface area contributed by atoms with Gasteiger partial charge in [0.15, 0.2) is 5.76 Å². The zero-order chi connectivity index (χ0) is 26.2. The van der Waals surface area contributed by atoms with E-state index in [1.165, 1.54) is 35.1 Å². The highest BCUT2D eigenvalue weighted by atomic mass is 32.1. The summed E-state index contributed by atoms with van der Waals surface area (Å²) >= 11 is 1.50. The molecule has 0 bridgehead atoms. The summed E-state index contributed by atoms with van der Waals surface area (Å²) in [6, 6.07) is 14.4. The highest BCUT2D eigenvalue weighted by Gasteiger charge is 2.29. The topological polar surface area (TPSA) is 110 Å². The Balaban J connectivity index is 1.31. The monoisotopic (exact) mass is 516 g/mol. The third kappa shape index (κ3) is 5.45. The number of anilines is 1. The summed E-state index contributed by atoms with van der Waals surface area (Å²) in [4.78, 5) is 30.7. The lowest BCUT2D eigenvalue weighted by Crippen LogP contribution is -2.33. The van der Waals surface area contributed by atoms with Gasteiger partial charge in [-0.25, -0.2) is 4.98 Å². The zero-order valence-electron chi connectivity index (χ0n) is 21.3. The van der Waals surface area contributed by atoms with E-state index in [0.717, 1.165) is 22.9 Å². The van der Waals surface area contributed by atoms with Crippen LogP contribution in [0.5, 0.6) is 0 Å². The minimum Gasteiger partial charge on any atom is -0.459 e. The Morgan fingerprint density at radius 3 is 2.70 bits per heavy atom. The standard InChI is InChI=1S/C29H32N4O3S/c1-29(2,3)20-10-9-17-14-24-19(12-18(17)13-20)15-25(37-24)28(35)32-22(16-30)21-6-4-8-26(31-21)33-27(34)23-7-5-11-36-23/h4-8,11-12,14-15,20,22H,9-10,13,16,30H2,1-3H3,(H,32,35)(H,31,33,34)/t20-,22-/m1/s1. The van der Waals surface area contributed by atoms with Crippen LogP contribution in [0.4, 0.5) is 5.82 Å². The molecule has 3 heterocycles. The largest absolute Gasteiger partial charge is 0.459 e. The molecule has 0 aliphatic heterocycles. The molecule has 37 heavy (non-hydrogen) atoms. The lowest BCUT2D eigenvalue weighted by molar-refractivity contribution is 0.0939. The normalized spacial score (nSPS) is 16.3. The molecule has 0 fully saturated rings. The molecule has 0 spiro atoms. The number of carbonyl (C=O) groups excluding carboxylic acids is 2. The average Bonchev–Trinajstić information content (AvgIpc) is 3.55. The van der Waals surface area contributed by atoms with Crippen LogP contribution in [0.25, 0.3) is 10.1 Å². The maximum Gasteiger partial charge on any atom is 0.292 e. The number of fused-ring (bicyclic) bond motifs is 2. The van der Waals surface area contributed by atoms with Crippen molar-refractivity contribution < 1.29 is 14.0 Å². The number of nitrogens with two attached hydrogens (primary N) is 1. The second kappa shape index (κ2) is 10.1. The first-order valence-electron chi connectivity index (χ1n) is 12.6. The van der Waals surface area contributed by atoms with Gasteiger partial charge in [0, 0.05) is 11.2 Å². The van der Waals surface area contributed by atoms with Crippen LogP contribution in [0.15, 0.2) is 59.2 Å². The summed E-state index contributed by atoms with van der Waals surface area (Å²) in [6.07, 6.45) is 4.80. The molecule has 2 atom stereocenters. The van der Waals surface area contributed by atoms with Gasteiger partial charge in [0.2, 0.25) is 0 Å². The van der Waals surface area contributed by atoms with Gasteiger partial charge in [0.25, 0.3) is 11.8 Å². The lowest BCUT2D eigenvalue weighted by Gasteiger charge is -2.35. The summed E-state index contributed by atoms with van der Waals surface area (Å²) < 4.78 is 6.26. The van der Waals surface area contributed by atoms with Gasteiger partial charge >= 0.3 is 0 Å². The van der Waals surface area contributed by atoms with Crippen LogP contribution in [0, 0.1) is 11.3 Å². The Bertz CT molecular complexity index is 1440. The van der Waals surface area contributed by atoms with Gasteiger partial charge < -0.3 is 20.8 Å². The third-order valence-corrected chi connectivity index (χ3v) is 8.27. The quantitative estimate of drug-likeness (QED) is 0.303. The summed E-state index contributed by atoms with van der Waals surface area (Å²) in [5.74, 6) is 0.624. The van der Waals surface area contributed by atoms with E-state index in [4.69, 9.17) is 10.2 Å². The summed E-state index contributed by atoms with van der Waals surface area (Å²) in [6.45, 7) is 7.13. The van der Waals surface area contributed by atoms with Gasteiger partial charge in [-0.3, -0.25) is 9.59 Å². The van der Waals surface area contributed by atoms with Crippen molar-refractivity contribution >= 4 is 39.1 Å². The minimum atomic E-state index is -0.501. The van der Waals surface area contributed by atoms with E-state index in [0.29, 0.717) is 22.3 Å². The molecule has 192 valence electrons. The van der Waals surface area contributed by atoms with Gasteiger partial charge in [0.05, 0.1) is 22.9 Å². The number of pyridine rings is 1. The van der Waals surface area contributed by atoms with Crippen molar-refractivity contribution in [2.75, 3.05) is 11.9 Å². The van der Waals surface area contributed by atoms with E-state index in [9.17, 15) is 9.59 Å². The average molecular weight is 517 g/mol. The van der Waals surface area contributed by atoms with Crippen molar-refractivity contribution in [3.8, 4) is 0 Å². The number of benzene rings is 1. The minimum absolute atomic E-state index is 0.168. The fourth-order valence-electron chi connectivity index (χ4n) is 4.93. The highest BCUT2D eigenvalue weighted by molar-refractivity contribution is 7.20. The summed E-state index contributed by atoms with van der Waals surface area (Å²) in [5.41, 5.74) is 9.67. The van der Waals surface area contributed by atoms with E-state index < -0.39 is 11.9 Å². The van der Waals surface area contributed by atoms with Crippen molar-refractivity contribution in [1.29, 1.82) is 0 Å². The van der Waals surface area contributed by atoms with Crippen molar-refractivity contribution in [2.45, 2.75) is 46.1 Å². The number of furan rings is 1. The van der Waals surface area contributed by atoms with Crippen molar-refractivity contribution in [3.05, 3.63) is 82.3 Å². The molecular formula is C29H32N4O3S. The van der Waals surface area contributed by atoms with Crippen LogP contribution in [0.1, 0.15) is 70.3 Å². The second-order valence-electron chi connectivity index (χ2n) is 10.7. The molecule has 0 saturated carbocycles. The van der Waals surface area contributed by atoms with Crippen LogP contribution in [-0.2, 0) is 12.8 Å². The lowest BCUT2D eigenvalue weighted by atomic mass is 9.70. The number of hydrogen-bond donors (Lipinski definition) is 3. The number of nitrogens with zero attached hydrogens (tertiary/aromatic N) is 1. The number of carbonyl (C=O) groups is 2. The maximum absolute atomic E-state index is 13.2. The van der Waals surface area contributed by atoms with Gasteiger partial charge in [-0.1, -0.05) is 32.9 Å². The van der Waals surface area contributed by atoms with Crippen molar-refractivity contribution in [1.82, 2.24) is 10.3 Å². The number of hydrogen-bond acceptors (Lipinski definition) is 6. The third-order valence-electron chi connectivity index (χ3n) is 7.17. The van der Waals surface area contributed by atoms with E-state index in [1.807, 2.05) is 6.07 Å². The van der Waals surface area contributed by atoms with Crippen LogP contribution in [0.2, 0.25) is 0 Å². The Labute approximate surface area is 220 Å². The van der Waals surface area contributed by atoms with Crippen molar-refractivity contribution in [2.24, 2.45) is 17.1 Å². The first-order chi connectivity index (χ1) is 17.7. The SMILES string of the molecule is CC(C)(C)[C@@H]1CCc2cc3sc(C(=O)N[C@H](CN)c4cccc(NC(=O)c5ccco5)n4)cc3cc2C1. The molecule has 5 rings (SSSR count). The van der Waals surface area contributed by atoms with Gasteiger partial charge in [-0.15, -0.1) is 11.3 Å². The summed E-state index contributed by atoms with van der Waals surface area (Å²) in [5, 5.41) is 6.83. The molecule has 3 aromatic heterocycles. The molecule has 1 aromatic carbocycles. The number of amides is 2. The van der Waals surface area contributed by atoms with Gasteiger partial charge in [-0.05, 0) is 83.5 Å². The second-order valence-corrected chi connectivity index (χ2v) is 11.8. The molecule has 1 aliphatic rings. The molecule has 1 aliphatic carbocycles. The van der Waals surface area contributed by atoms with Crippen LogP contribution in [0.3, 0.4) is 0 Å². The molecule has 7 nitrogen and oxygen atoms in total. The molecule has 2 amide bonds. The smallest absolute Gasteiger partial charge is 0.292 e. The van der Waals surface area contributed by atoms with E-state index in [1.54, 1.807) is 30.3 Å². The fourth-order valence-corrected chi connectivity index (χ4v) is 5.94. The van der Waals surface area contributed by atoms with Crippen LogP contribution < -0.4 is 16.4 Å². The molecule has 0 radical (unpaired) electrons. The van der Waals surface area contributed by atoms with Gasteiger partial charge in [0.1, 0.15) is 5.82 Å².